The Morgan fingerprint density at radius 1 is 0.929 bits per heavy atom. The van der Waals surface area contributed by atoms with Crippen molar-refractivity contribution in [3.63, 3.8) is 0 Å². The lowest BCUT2D eigenvalue weighted by atomic mass is 9.94. The molecule has 0 aliphatic heterocycles. The lowest BCUT2D eigenvalue weighted by Crippen LogP contribution is -2.40. The first kappa shape index (κ1) is 21.6. The van der Waals surface area contributed by atoms with Crippen molar-refractivity contribution < 1.29 is 9.84 Å². The van der Waals surface area contributed by atoms with Gasteiger partial charge in [0.05, 0.1) is 12.7 Å². The van der Waals surface area contributed by atoms with Gasteiger partial charge in [0.1, 0.15) is 6.10 Å². The molecule has 0 bridgehead atoms. The molecule has 152 valence electrons. The Labute approximate surface area is 178 Å². The van der Waals surface area contributed by atoms with E-state index >= 15 is 0 Å². The molecule has 1 unspecified atom stereocenters. The minimum absolute atomic E-state index is 0.271. The predicted molar refractivity (Wildman–Crippen MR) is 116 cm³/mol. The molecule has 1 aliphatic carbocycles. The average molecular weight is 422 g/mol. The van der Waals surface area contributed by atoms with E-state index in [2.05, 4.69) is 11.9 Å². The molecule has 2 aromatic rings. The number of aliphatic hydroxyl groups is 1. The number of benzene rings is 2. The Morgan fingerprint density at radius 2 is 1.43 bits per heavy atom. The summed E-state index contributed by atoms with van der Waals surface area (Å²) >= 11 is 12.1. The van der Waals surface area contributed by atoms with Gasteiger partial charge in [0.2, 0.25) is 0 Å². The molecule has 3 rings (SSSR count). The molecule has 1 N–H and O–H groups in total. The molecular formula is C23H29Cl2NO2. The summed E-state index contributed by atoms with van der Waals surface area (Å²) in [6, 6.07) is 15.8. The Balaban J connectivity index is 1.63. The first-order valence-electron chi connectivity index (χ1n) is 10.0. The molecule has 0 saturated heterocycles. The van der Waals surface area contributed by atoms with E-state index in [0.717, 1.165) is 11.1 Å². The molecule has 1 fully saturated rings. The van der Waals surface area contributed by atoms with Crippen LogP contribution < -0.4 is 0 Å². The predicted octanol–water partition coefficient (Wildman–Crippen LogP) is 5.72. The van der Waals surface area contributed by atoms with Crippen molar-refractivity contribution in [2.24, 2.45) is 0 Å². The van der Waals surface area contributed by atoms with Crippen LogP contribution in [0.2, 0.25) is 10.0 Å². The average Bonchev–Trinajstić information content (AvgIpc) is 2.71. The maximum Gasteiger partial charge on any atom is 0.108 e. The first-order chi connectivity index (χ1) is 13.5. The number of hydrogen-bond donors (Lipinski definition) is 1. The number of aliphatic hydroxyl groups excluding tert-OH is 1. The highest BCUT2D eigenvalue weighted by atomic mass is 35.5. The molecule has 0 spiro atoms. The maximum atomic E-state index is 10.6. The minimum atomic E-state index is -0.533. The molecule has 0 radical (unpaired) electrons. The van der Waals surface area contributed by atoms with E-state index < -0.39 is 6.10 Å². The van der Waals surface area contributed by atoms with E-state index in [1.807, 2.05) is 48.5 Å². The third-order valence-corrected chi connectivity index (χ3v) is 6.00. The van der Waals surface area contributed by atoms with Crippen LogP contribution >= 0.6 is 23.2 Å². The SMILES string of the molecule is CN(CC(O)COC(c1ccc(Cl)cc1)c1ccc(Cl)cc1)C1CCCCC1. The van der Waals surface area contributed by atoms with Crippen LogP contribution in [-0.2, 0) is 4.74 Å². The number of hydrogen-bond acceptors (Lipinski definition) is 3. The van der Waals surface area contributed by atoms with Gasteiger partial charge in [-0.1, -0.05) is 66.7 Å². The topological polar surface area (TPSA) is 32.7 Å². The molecule has 28 heavy (non-hydrogen) atoms. The summed E-state index contributed by atoms with van der Waals surface area (Å²) in [6.45, 7) is 0.894. The molecule has 5 heteroatoms. The van der Waals surface area contributed by atoms with E-state index in [1.54, 1.807) is 0 Å². The zero-order valence-corrected chi connectivity index (χ0v) is 17.9. The molecule has 1 aliphatic rings. The number of nitrogens with zero attached hydrogens (tertiary/aromatic N) is 1. The van der Waals surface area contributed by atoms with Crippen LogP contribution in [0.5, 0.6) is 0 Å². The molecule has 1 atom stereocenters. The highest BCUT2D eigenvalue weighted by Crippen LogP contribution is 2.28. The van der Waals surface area contributed by atoms with Gasteiger partial charge in [-0.05, 0) is 55.3 Å². The normalized spacial score (nSPS) is 16.6. The Bertz CT molecular complexity index is 669. The monoisotopic (exact) mass is 421 g/mol. The van der Waals surface area contributed by atoms with Gasteiger partial charge in [-0.3, -0.25) is 0 Å². The van der Waals surface area contributed by atoms with Crippen LogP contribution in [0, 0.1) is 0 Å². The van der Waals surface area contributed by atoms with Crippen molar-refractivity contribution in [3.8, 4) is 0 Å². The summed E-state index contributed by atoms with van der Waals surface area (Å²) in [5, 5.41) is 11.9. The highest BCUT2D eigenvalue weighted by molar-refractivity contribution is 6.30. The quantitative estimate of drug-likeness (QED) is 0.590. The standard InChI is InChI=1S/C23H29Cl2NO2/c1-26(21-5-3-2-4-6-21)15-22(27)16-28-23(17-7-11-19(24)12-8-17)18-9-13-20(25)14-10-18/h7-14,21-23,27H,2-6,15-16H2,1H3. The fraction of sp³-hybridized carbons (Fsp3) is 0.478. The summed E-state index contributed by atoms with van der Waals surface area (Å²) in [5.41, 5.74) is 2.00. The van der Waals surface area contributed by atoms with Crippen molar-refractivity contribution in [2.75, 3.05) is 20.2 Å². The minimum Gasteiger partial charge on any atom is -0.389 e. The molecule has 3 nitrogen and oxygen atoms in total. The van der Waals surface area contributed by atoms with E-state index in [4.69, 9.17) is 27.9 Å². The molecule has 1 saturated carbocycles. The third kappa shape index (κ3) is 6.20. The van der Waals surface area contributed by atoms with Crippen molar-refractivity contribution in [1.29, 1.82) is 0 Å². The largest absolute Gasteiger partial charge is 0.389 e. The van der Waals surface area contributed by atoms with Gasteiger partial charge in [0.15, 0.2) is 0 Å². The van der Waals surface area contributed by atoms with Gasteiger partial charge in [0, 0.05) is 22.6 Å². The molecule has 0 aromatic heterocycles. The van der Waals surface area contributed by atoms with E-state index in [-0.39, 0.29) is 12.7 Å². The Kier molecular flexibility index (Phi) is 8.19. The van der Waals surface area contributed by atoms with Gasteiger partial charge in [-0.15, -0.1) is 0 Å². The Morgan fingerprint density at radius 3 is 1.93 bits per heavy atom. The van der Waals surface area contributed by atoms with Crippen LogP contribution in [-0.4, -0.2) is 42.4 Å². The number of rotatable bonds is 8. The molecule has 2 aromatic carbocycles. The summed E-state index contributed by atoms with van der Waals surface area (Å²) in [6.07, 6.45) is 5.55. The maximum absolute atomic E-state index is 10.6. The van der Waals surface area contributed by atoms with E-state index in [0.29, 0.717) is 22.6 Å². The van der Waals surface area contributed by atoms with Crippen LogP contribution in [0.3, 0.4) is 0 Å². The van der Waals surface area contributed by atoms with Crippen molar-refractivity contribution in [1.82, 2.24) is 4.90 Å². The van der Waals surface area contributed by atoms with E-state index in [9.17, 15) is 5.11 Å². The fourth-order valence-corrected chi connectivity index (χ4v) is 4.18. The second-order valence-electron chi connectivity index (χ2n) is 7.70. The number of ether oxygens (including phenoxy) is 1. The first-order valence-corrected chi connectivity index (χ1v) is 10.8. The van der Waals surface area contributed by atoms with Gasteiger partial charge in [0.25, 0.3) is 0 Å². The number of likely N-dealkylation sites (N-methyl/N-ethyl adjacent to an activating group) is 1. The van der Waals surface area contributed by atoms with Gasteiger partial charge in [-0.2, -0.15) is 0 Å². The summed E-state index contributed by atoms with van der Waals surface area (Å²) < 4.78 is 6.18. The van der Waals surface area contributed by atoms with Crippen LogP contribution in [0.15, 0.2) is 48.5 Å². The lowest BCUT2D eigenvalue weighted by Gasteiger charge is -2.32. The summed E-state index contributed by atoms with van der Waals surface area (Å²) in [4.78, 5) is 2.28. The van der Waals surface area contributed by atoms with Gasteiger partial charge in [-0.25, -0.2) is 0 Å². The number of halogens is 2. The van der Waals surface area contributed by atoms with Crippen molar-refractivity contribution >= 4 is 23.2 Å². The summed E-state index contributed by atoms with van der Waals surface area (Å²) in [7, 11) is 2.11. The van der Waals surface area contributed by atoms with Crippen LogP contribution in [0.25, 0.3) is 0 Å². The smallest absolute Gasteiger partial charge is 0.108 e. The van der Waals surface area contributed by atoms with Crippen LogP contribution in [0.1, 0.15) is 49.3 Å². The lowest BCUT2D eigenvalue weighted by molar-refractivity contribution is -0.0121. The Hall–Kier alpha value is -1.10. The van der Waals surface area contributed by atoms with Crippen LogP contribution in [0.4, 0.5) is 0 Å². The summed E-state index contributed by atoms with van der Waals surface area (Å²) in [5.74, 6) is 0. The fourth-order valence-electron chi connectivity index (χ4n) is 3.92. The van der Waals surface area contributed by atoms with Gasteiger partial charge < -0.3 is 14.7 Å². The highest BCUT2D eigenvalue weighted by Gasteiger charge is 2.22. The zero-order valence-electron chi connectivity index (χ0n) is 16.4. The van der Waals surface area contributed by atoms with Gasteiger partial charge >= 0.3 is 0 Å². The second kappa shape index (κ2) is 10.6. The second-order valence-corrected chi connectivity index (χ2v) is 8.57. The zero-order chi connectivity index (χ0) is 19.9. The third-order valence-electron chi connectivity index (χ3n) is 5.50. The molecule has 0 heterocycles. The van der Waals surface area contributed by atoms with Crippen molar-refractivity contribution in [3.05, 3.63) is 69.7 Å². The van der Waals surface area contributed by atoms with E-state index in [1.165, 1.54) is 32.1 Å². The molecule has 0 amide bonds. The molecular weight excluding hydrogens is 393 g/mol. The van der Waals surface area contributed by atoms with Crippen molar-refractivity contribution in [2.45, 2.75) is 50.4 Å².